The molecule has 0 saturated carbocycles. The van der Waals surface area contributed by atoms with Gasteiger partial charge in [-0.3, -0.25) is 4.79 Å². The Morgan fingerprint density at radius 3 is 2.76 bits per heavy atom. The Bertz CT molecular complexity index is 328. The van der Waals surface area contributed by atoms with Crippen LogP contribution in [0.25, 0.3) is 0 Å². The Balaban J connectivity index is 0.00000256. The van der Waals surface area contributed by atoms with Gasteiger partial charge in [0.1, 0.15) is 0 Å². The second-order valence-electron chi connectivity index (χ2n) is 3.52. The van der Waals surface area contributed by atoms with E-state index >= 15 is 0 Å². The highest BCUT2D eigenvalue weighted by atomic mass is 35.5. The van der Waals surface area contributed by atoms with Crippen molar-refractivity contribution in [1.29, 1.82) is 0 Å². The molecule has 98 valence electrons. The molecule has 17 heavy (non-hydrogen) atoms. The number of aromatic amines is 1. The Labute approximate surface area is 108 Å². The molecule has 3 N–H and O–H groups in total. The molecule has 1 heterocycles. The van der Waals surface area contributed by atoms with Gasteiger partial charge in [-0.2, -0.15) is 0 Å². The van der Waals surface area contributed by atoms with E-state index in [1.807, 2.05) is 6.92 Å². The van der Waals surface area contributed by atoms with Gasteiger partial charge in [0.05, 0.1) is 12.2 Å². The number of aromatic nitrogens is 1. The predicted molar refractivity (Wildman–Crippen MR) is 69.9 cm³/mol. The average Bonchev–Trinajstić information content (AvgIpc) is 2.69. The lowest BCUT2D eigenvalue weighted by Crippen LogP contribution is -2.33. The summed E-state index contributed by atoms with van der Waals surface area (Å²) < 4.78 is 4.89. The van der Waals surface area contributed by atoms with E-state index in [-0.39, 0.29) is 18.3 Å². The maximum absolute atomic E-state index is 11.6. The smallest absolute Gasteiger partial charge is 0.253 e. The monoisotopic (exact) mass is 261 g/mol. The molecule has 0 radical (unpaired) electrons. The number of hydrogen-bond acceptors (Lipinski definition) is 3. The summed E-state index contributed by atoms with van der Waals surface area (Å²) in [6, 6.07) is 1.78. The van der Waals surface area contributed by atoms with E-state index in [0.29, 0.717) is 18.7 Å². The lowest BCUT2D eigenvalue weighted by molar-refractivity contribution is 0.0953. The van der Waals surface area contributed by atoms with E-state index in [1.165, 1.54) is 0 Å². The minimum atomic E-state index is -0.0349. The summed E-state index contributed by atoms with van der Waals surface area (Å²) in [4.78, 5) is 14.6. The van der Waals surface area contributed by atoms with Crippen molar-refractivity contribution in [2.75, 3.05) is 33.4 Å². The van der Waals surface area contributed by atoms with Crippen molar-refractivity contribution >= 4 is 18.3 Å². The number of aryl methyl sites for hydroxylation is 1. The Morgan fingerprint density at radius 1 is 1.41 bits per heavy atom. The van der Waals surface area contributed by atoms with Gasteiger partial charge < -0.3 is 20.4 Å². The molecule has 0 unspecified atom stereocenters. The van der Waals surface area contributed by atoms with E-state index in [1.54, 1.807) is 19.4 Å². The first-order valence-electron chi connectivity index (χ1n) is 5.37. The third kappa shape index (κ3) is 5.72. The van der Waals surface area contributed by atoms with E-state index in [4.69, 9.17) is 4.74 Å². The van der Waals surface area contributed by atoms with Crippen molar-refractivity contribution < 1.29 is 9.53 Å². The SMILES string of the molecule is COCCNCCNC(=O)c1cc[nH]c1C.Cl. The number of hydrogen-bond donors (Lipinski definition) is 3. The summed E-state index contributed by atoms with van der Waals surface area (Å²) in [6.07, 6.45) is 1.76. The Hall–Kier alpha value is -1.04. The molecule has 1 rings (SSSR count). The first-order chi connectivity index (χ1) is 7.75. The van der Waals surface area contributed by atoms with Crippen molar-refractivity contribution in [3.05, 3.63) is 23.5 Å². The number of carbonyl (C=O) groups excluding carboxylic acids is 1. The number of ether oxygens (including phenoxy) is 1. The molecular formula is C11H20ClN3O2. The van der Waals surface area contributed by atoms with Crippen LogP contribution in [-0.2, 0) is 4.74 Å². The molecule has 0 aliphatic carbocycles. The van der Waals surface area contributed by atoms with Gasteiger partial charge in [0.25, 0.3) is 5.91 Å². The Morgan fingerprint density at radius 2 is 2.18 bits per heavy atom. The molecular weight excluding hydrogens is 242 g/mol. The first kappa shape index (κ1) is 16.0. The molecule has 0 bridgehead atoms. The van der Waals surface area contributed by atoms with Crippen LogP contribution in [0, 0.1) is 6.92 Å². The Kier molecular flexibility index (Phi) is 8.49. The van der Waals surface area contributed by atoms with Crippen LogP contribution in [0.5, 0.6) is 0 Å². The number of halogens is 1. The zero-order valence-electron chi connectivity index (χ0n) is 10.2. The first-order valence-corrected chi connectivity index (χ1v) is 5.37. The normalized spacial score (nSPS) is 9.76. The van der Waals surface area contributed by atoms with Crippen LogP contribution in [0.4, 0.5) is 0 Å². The van der Waals surface area contributed by atoms with Crippen LogP contribution in [-0.4, -0.2) is 44.2 Å². The van der Waals surface area contributed by atoms with Crippen molar-refractivity contribution in [3.8, 4) is 0 Å². The largest absolute Gasteiger partial charge is 0.383 e. The van der Waals surface area contributed by atoms with Crippen LogP contribution in [0.2, 0.25) is 0 Å². The van der Waals surface area contributed by atoms with E-state index in [2.05, 4.69) is 15.6 Å². The summed E-state index contributed by atoms with van der Waals surface area (Å²) >= 11 is 0. The second kappa shape index (κ2) is 9.04. The number of rotatable bonds is 7. The minimum Gasteiger partial charge on any atom is -0.383 e. The van der Waals surface area contributed by atoms with Crippen LogP contribution in [0.1, 0.15) is 16.1 Å². The predicted octanol–water partition coefficient (Wildman–Crippen LogP) is 0.711. The minimum absolute atomic E-state index is 0. The fraction of sp³-hybridized carbons (Fsp3) is 0.545. The molecule has 1 aromatic heterocycles. The lowest BCUT2D eigenvalue weighted by atomic mass is 10.2. The van der Waals surface area contributed by atoms with E-state index < -0.39 is 0 Å². The molecule has 0 aliphatic heterocycles. The van der Waals surface area contributed by atoms with E-state index in [0.717, 1.165) is 18.8 Å². The molecule has 0 spiro atoms. The topological polar surface area (TPSA) is 66.2 Å². The van der Waals surface area contributed by atoms with Gasteiger partial charge in [0.2, 0.25) is 0 Å². The lowest BCUT2D eigenvalue weighted by Gasteiger charge is -2.06. The number of carbonyl (C=O) groups is 1. The van der Waals surface area contributed by atoms with Gasteiger partial charge in [-0.05, 0) is 13.0 Å². The van der Waals surface area contributed by atoms with Gasteiger partial charge in [-0.25, -0.2) is 0 Å². The van der Waals surface area contributed by atoms with Gasteiger partial charge in [0, 0.05) is 38.6 Å². The number of methoxy groups -OCH3 is 1. The fourth-order valence-electron chi connectivity index (χ4n) is 1.36. The standard InChI is InChI=1S/C11H19N3O2.ClH/c1-9-10(3-4-13-9)11(15)14-6-5-12-7-8-16-2;/h3-4,12-13H,5-8H2,1-2H3,(H,14,15);1H. The van der Waals surface area contributed by atoms with Gasteiger partial charge in [-0.1, -0.05) is 0 Å². The third-order valence-electron chi connectivity index (χ3n) is 2.27. The molecule has 0 fully saturated rings. The van der Waals surface area contributed by atoms with Crippen molar-refractivity contribution in [1.82, 2.24) is 15.6 Å². The van der Waals surface area contributed by atoms with Crippen LogP contribution < -0.4 is 10.6 Å². The maximum Gasteiger partial charge on any atom is 0.253 e. The second-order valence-corrected chi connectivity index (χ2v) is 3.52. The summed E-state index contributed by atoms with van der Waals surface area (Å²) in [5, 5.41) is 5.99. The number of nitrogens with one attached hydrogen (secondary N) is 3. The fourth-order valence-corrected chi connectivity index (χ4v) is 1.36. The quantitative estimate of drug-likeness (QED) is 0.634. The highest BCUT2D eigenvalue weighted by Crippen LogP contribution is 2.03. The van der Waals surface area contributed by atoms with Crippen molar-refractivity contribution in [2.24, 2.45) is 0 Å². The average molecular weight is 262 g/mol. The zero-order valence-corrected chi connectivity index (χ0v) is 11.0. The summed E-state index contributed by atoms with van der Waals surface area (Å²) in [5.74, 6) is -0.0349. The summed E-state index contributed by atoms with van der Waals surface area (Å²) in [5.41, 5.74) is 1.60. The molecule has 6 heteroatoms. The van der Waals surface area contributed by atoms with Crippen LogP contribution >= 0.6 is 12.4 Å². The highest BCUT2D eigenvalue weighted by molar-refractivity contribution is 5.95. The highest BCUT2D eigenvalue weighted by Gasteiger charge is 2.07. The summed E-state index contributed by atoms with van der Waals surface area (Å²) in [6.45, 7) is 4.73. The molecule has 1 amide bonds. The summed E-state index contributed by atoms with van der Waals surface area (Å²) in [7, 11) is 1.66. The molecule has 0 atom stereocenters. The van der Waals surface area contributed by atoms with E-state index in [9.17, 15) is 4.79 Å². The maximum atomic E-state index is 11.6. The van der Waals surface area contributed by atoms with Gasteiger partial charge in [-0.15, -0.1) is 12.4 Å². The molecule has 5 nitrogen and oxygen atoms in total. The number of amides is 1. The van der Waals surface area contributed by atoms with Gasteiger partial charge >= 0.3 is 0 Å². The molecule has 0 aromatic carbocycles. The van der Waals surface area contributed by atoms with Gasteiger partial charge in [0.15, 0.2) is 0 Å². The molecule has 0 saturated heterocycles. The number of H-pyrrole nitrogens is 1. The van der Waals surface area contributed by atoms with Crippen molar-refractivity contribution in [2.45, 2.75) is 6.92 Å². The molecule has 1 aromatic rings. The van der Waals surface area contributed by atoms with Crippen LogP contribution in [0.15, 0.2) is 12.3 Å². The van der Waals surface area contributed by atoms with Crippen LogP contribution in [0.3, 0.4) is 0 Å². The molecule has 0 aliphatic rings. The third-order valence-corrected chi connectivity index (χ3v) is 2.27. The zero-order chi connectivity index (χ0) is 11.8. The van der Waals surface area contributed by atoms with Crippen molar-refractivity contribution in [3.63, 3.8) is 0 Å².